The first-order chi connectivity index (χ1) is 17.7. The van der Waals surface area contributed by atoms with Gasteiger partial charge in [-0.3, -0.25) is 14.4 Å². The Hall–Kier alpha value is -3.72. The Morgan fingerprint density at radius 1 is 1.16 bits per heavy atom. The zero-order valence-corrected chi connectivity index (χ0v) is 21.4. The first-order valence-corrected chi connectivity index (χ1v) is 12.4. The van der Waals surface area contributed by atoms with Gasteiger partial charge in [0.1, 0.15) is 5.82 Å². The zero-order chi connectivity index (χ0) is 26.5. The van der Waals surface area contributed by atoms with Crippen molar-refractivity contribution in [2.75, 3.05) is 13.2 Å². The highest BCUT2D eigenvalue weighted by Gasteiger charge is 2.21. The van der Waals surface area contributed by atoms with Gasteiger partial charge in [-0.15, -0.1) is 0 Å². The fourth-order valence-corrected chi connectivity index (χ4v) is 4.50. The number of benzene rings is 2. The normalized spacial score (nSPS) is 15.2. The first-order valence-electron chi connectivity index (χ1n) is 12.0. The van der Waals surface area contributed by atoms with E-state index < -0.39 is 5.82 Å². The van der Waals surface area contributed by atoms with Crippen molar-refractivity contribution < 1.29 is 23.5 Å². The Kier molecular flexibility index (Phi) is 8.23. The lowest BCUT2D eigenvalue weighted by atomic mass is 10.00. The molecule has 2 heterocycles. The number of ether oxygens (including phenoxy) is 1. The molecule has 2 amide bonds. The summed E-state index contributed by atoms with van der Waals surface area (Å²) >= 11 is 6.04. The van der Waals surface area contributed by atoms with Gasteiger partial charge in [0, 0.05) is 34.9 Å². The third kappa shape index (κ3) is 6.54. The van der Waals surface area contributed by atoms with E-state index in [-0.39, 0.29) is 41.7 Å². The van der Waals surface area contributed by atoms with Crippen molar-refractivity contribution in [3.05, 3.63) is 81.4 Å². The van der Waals surface area contributed by atoms with Crippen molar-refractivity contribution in [3.63, 3.8) is 0 Å². The van der Waals surface area contributed by atoms with Crippen LogP contribution in [0.2, 0.25) is 5.02 Å². The number of hydrogen-bond acceptors (Lipinski definition) is 5. The first kappa shape index (κ1) is 26.3. The van der Waals surface area contributed by atoms with E-state index in [9.17, 15) is 18.8 Å². The smallest absolute Gasteiger partial charge is 0.306 e. The lowest BCUT2D eigenvalue weighted by Gasteiger charge is -2.21. The molecule has 1 saturated heterocycles. The Labute approximate surface area is 219 Å². The third-order valence-corrected chi connectivity index (χ3v) is 6.79. The largest absolute Gasteiger partial charge is 0.466 e. The summed E-state index contributed by atoms with van der Waals surface area (Å²) in [6.07, 6.45) is 1.19. The number of cyclic esters (lactones) is 1. The van der Waals surface area contributed by atoms with Gasteiger partial charge in [-0.25, -0.2) is 9.07 Å². The van der Waals surface area contributed by atoms with E-state index in [4.69, 9.17) is 16.3 Å². The molecule has 1 aliphatic heterocycles. The number of aryl methyl sites for hydroxylation is 1. The highest BCUT2D eigenvalue weighted by molar-refractivity contribution is 6.31. The van der Waals surface area contributed by atoms with E-state index in [0.29, 0.717) is 30.7 Å². The third-order valence-electron chi connectivity index (χ3n) is 6.44. The molecule has 0 spiro atoms. The summed E-state index contributed by atoms with van der Waals surface area (Å²) in [4.78, 5) is 36.5. The van der Waals surface area contributed by atoms with Crippen LogP contribution >= 0.6 is 11.6 Å². The average Bonchev–Trinajstić information content (AvgIpc) is 3.15. The molecule has 1 aromatic heterocycles. The van der Waals surface area contributed by atoms with Crippen molar-refractivity contribution in [2.45, 2.75) is 39.7 Å². The zero-order valence-electron chi connectivity index (χ0n) is 20.6. The fraction of sp³-hybridized carbons (Fsp3) is 0.333. The monoisotopic (exact) mass is 526 g/mol. The molecule has 37 heavy (non-hydrogen) atoms. The lowest BCUT2D eigenvalue weighted by Crippen LogP contribution is -2.33. The van der Waals surface area contributed by atoms with Crippen LogP contribution in [0, 0.1) is 25.6 Å². The van der Waals surface area contributed by atoms with E-state index in [1.165, 1.54) is 12.1 Å². The Balaban J connectivity index is 1.36. The van der Waals surface area contributed by atoms with Crippen molar-refractivity contribution in [1.29, 1.82) is 0 Å². The maximum atomic E-state index is 13.2. The summed E-state index contributed by atoms with van der Waals surface area (Å²) in [5, 5.41) is 10.5. The molecule has 8 nitrogen and oxygen atoms in total. The highest BCUT2D eigenvalue weighted by Crippen LogP contribution is 2.21. The second-order valence-corrected chi connectivity index (χ2v) is 9.49. The standard InChI is InChI=1S/C27H28ClFN4O4/c1-16-23(13-25(34)30-15-20-3-6-21(29)12-24(20)28)17(2)33(32-16)22-7-4-19(5-8-22)27(36)31-14-18-9-10-37-26(35)11-18/h3-8,12,18H,9-11,13-15H2,1-2H3,(H,30,34)(H,31,36). The van der Waals surface area contributed by atoms with Gasteiger partial charge in [0.05, 0.1) is 30.8 Å². The molecule has 1 atom stereocenters. The molecule has 1 fully saturated rings. The number of nitrogens with zero attached hydrogens (tertiary/aromatic N) is 2. The molecule has 2 aromatic carbocycles. The molecule has 1 unspecified atom stereocenters. The SMILES string of the molecule is Cc1nn(-c2ccc(C(=O)NCC3CCOC(=O)C3)cc2)c(C)c1CC(=O)NCc1ccc(F)cc1Cl. The van der Waals surface area contributed by atoms with E-state index >= 15 is 0 Å². The Morgan fingerprint density at radius 2 is 1.92 bits per heavy atom. The van der Waals surface area contributed by atoms with Crippen LogP contribution in [-0.4, -0.2) is 40.7 Å². The van der Waals surface area contributed by atoms with E-state index in [1.54, 1.807) is 35.0 Å². The summed E-state index contributed by atoms with van der Waals surface area (Å²) in [5.74, 6) is -0.988. The van der Waals surface area contributed by atoms with E-state index in [0.717, 1.165) is 29.1 Å². The minimum Gasteiger partial charge on any atom is -0.466 e. The molecular formula is C27H28ClFN4O4. The van der Waals surface area contributed by atoms with Gasteiger partial charge in [0.2, 0.25) is 5.91 Å². The molecule has 2 N–H and O–H groups in total. The minimum absolute atomic E-state index is 0.0856. The second kappa shape index (κ2) is 11.6. The molecule has 3 aromatic rings. The summed E-state index contributed by atoms with van der Waals surface area (Å²) in [5.41, 5.74) is 4.23. The van der Waals surface area contributed by atoms with Crippen LogP contribution in [-0.2, 0) is 27.3 Å². The summed E-state index contributed by atoms with van der Waals surface area (Å²) in [6.45, 7) is 4.73. The summed E-state index contributed by atoms with van der Waals surface area (Å²) in [7, 11) is 0. The number of carbonyl (C=O) groups is 3. The Morgan fingerprint density at radius 3 is 2.62 bits per heavy atom. The van der Waals surface area contributed by atoms with Crippen molar-refractivity contribution >= 4 is 29.4 Å². The van der Waals surface area contributed by atoms with Crippen LogP contribution in [0.4, 0.5) is 4.39 Å². The molecule has 194 valence electrons. The number of carbonyl (C=O) groups excluding carboxylic acids is 3. The Bertz CT molecular complexity index is 1320. The number of hydrogen-bond donors (Lipinski definition) is 2. The lowest BCUT2D eigenvalue weighted by molar-refractivity contribution is -0.149. The predicted octanol–water partition coefficient (Wildman–Crippen LogP) is 3.82. The van der Waals surface area contributed by atoms with Crippen LogP contribution < -0.4 is 10.6 Å². The average molecular weight is 527 g/mol. The molecule has 4 rings (SSSR count). The number of esters is 1. The number of amides is 2. The van der Waals surface area contributed by atoms with E-state index in [2.05, 4.69) is 15.7 Å². The number of nitrogens with one attached hydrogen (secondary N) is 2. The summed E-state index contributed by atoms with van der Waals surface area (Å²) in [6, 6.07) is 11.1. The van der Waals surface area contributed by atoms with Crippen molar-refractivity contribution in [1.82, 2.24) is 20.4 Å². The van der Waals surface area contributed by atoms with Crippen LogP contribution in [0.3, 0.4) is 0 Å². The fourth-order valence-electron chi connectivity index (χ4n) is 4.27. The van der Waals surface area contributed by atoms with Gasteiger partial charge < -0.3 is 15.4 Å². The molecular weight excluding hydrogens is 499 g/mol. The van der Waals surface area contributed by atoms with E-state index in [1.807, 2.05) is 13.8 Å². The quantitative estimate of drug-likeness (QED) is 0.434. The van der Waals surface area contributed by atoms with Gasteiger partial charge in [-0.2, -0.15) is 5.10 Å². The maximum absolute atomic E-state index is 13.2. The van der Waals surface area contributed by atoms with Crippen LogP contribution in [0.1, 0.15) is 45.7 Å². The molecule has 1 aliphatic rings. The molecule has 0 saturated carbocycles. The van der Waals surface area contributed by atoms with Crippen LogP contribution in [0.5, 0.6) is 0 Å². The van der Waals surface area contributed by atoms with Crippen molar-refractivity contribution in [2.24, 2.45) is 5.92 Å². The minimum atomic E-state index is -0.430. The second-order valence-electron chi connectivity index (χ2n) is 9.09. The maximum Gasteiger partial charge on any atom is 0.306 e. The van der Waals surface area contributed by atoms with Crippen LogP contribution in [0.25, 0.3) is 5.69 Å². The number of halogens is 2. The van der Waals surface area contributed by atoms with Gasteiger partial charge in [0.15, 0.2) is 0 Å². The summed E-state index contributed by atoms with van der Waals surface area (Å²) < 4.78 is 19.9. The van der Waals surface area contributed by atoms with Gasteiger partial charge >= 0.3 is 5.97 Å². The highest BCUT2D eigenvalue weighted by atomic mass is 35.5. The molecule has 10 heteroatoms. The molecule has 0 aliphatic carbocycles. The van der Waals surface area contributed by atoms with Crippen LogP contribution in [0.15, 0.2) is 42.5 Å². The van der Waals surface area contributed by atoms with Gasteiger partial charge in [0.25, 0.3) is 5.91 Å². The topological polar surface area (TPSA) is 102 Å². The van der Waals surface area contributed by atoms with Crippen molar-refractivity contribution in [3.8, 4) is 5.69 Å². The predicted molar refractivity (Wildman–Crippen MR) is 136 cm³/mol. The number of rotatable bonds is 8. The number of aromatic nitrogens is 2. The molecule has 0 radical (unpaired) electrons. The van der Waals surface area contributed by atoms with Gasteiger partial charge in [-0.1, -0.05) is 17.7 Å². The van der Waals surface area contributed by atoms with Gasteiger partial charge in [-0.05, 0) is 68.1 Å². The molecule has 0 bridgehead atoms.